The Bertz CT molecular complexity index is 1080. The maximum atomic E-state index is 14.3. The van der Waals surface area contributed by atoms with E-state index in [9.17, 15) is 18.8 Å². The van der Waals surface area contributed by atoms with E-state index in [-0.39, 0.29) is 16.6 Å². The molecule has 2 aromatic carbocycles. The molecule has 0 unspecified atom stereocenters. The highest BCUT2D eigenvalue weighted by molar-refractivity contribution is 7.99. The Labute approximate surface area is 157 Å². The number of hydrazine groups is 1. The number of benzene rings is 2. The maximum Gasteiger partial charge on any atom is 0.266 e. The summed E-state index contributed by atoms with van der Waals surface area (Å²) in [7, 11) is 0. The zero-order chi connectivity index (χ0) is 19.4. The standard InChI is InChI=1S/C18H15FN4O3S/c1-11(24)21-22-16(25)10-27-18-20-14-8-4-2-6-12(14)17(26)23(18)15-9-5-3-7-13(15)19/h2-9H,10H2,1H3,(H,21,24)(H,22,25). The van der Waals surface area contributed by atoms with Crippen molar-refractivity contribution in [2.75, 3.05) is 5.75 Å². The number of halogens is 1. The zero-order valence-corrected chi connectivity index (χ0v) is 15.0. The number of hydrogen-bond donors (Lipinski definition) is 2. The number of rotatable bonds is 4. The van der Waals surface area contributed by atoms with Gasteiger partial charge in [-0.3, -0.25) is 29.8 Å². The first-order chi connectivity index (χ1) is 13.0. The van der Waals surface area contributed by atoms with E-state index in [0.29, 0.717) is 10.9 Å². The molecule has 0 bridgehead atoms. The van der Waals surface area contributed by atoms with Crippen LogP contribution >= 0.6 is 11.8 Å². The van der Waals surface area contributed by atoms with E-state index >= 15 is 0 Å². The third kappa shape index (κ3) is 4.14. The summed E-state index contributed by atoms with van der Waals surface area (Å²) in [6.07, 6.45) is 0. The van der Waals surface area contributed by atoms with E-state index in [1.807, 2.05) is 0 Å². The molecule has 0 spiro atoms. The molecule has 0 aliphatic heterocycles. The Balaban J connectivity index is 2.04. The van der Waals surface area contributed by atoms with Crippen LogP contribution in [0.2, 0.25) is 0 Å². The van der Waals surface area contributed by atoms with Crippen LogP contribution in [0.15, 0.2) is 58.5 Å². The zero-order valence-electron chi connectivity index (χ0n) is 14.2. The van der Waals surface area contributed by atoms with Gasteiger partial charge in [-0.1, -0.05) is 36.0 Å². The van der Waals surface area contributed by atoms with Crippen LogP contribution in [0, 0.1) is 5.82 Å². The average molecular weight is 386 g/mol. The van der Waals surface area contributed by atoms with E-state index in [1.54, 1.807) is 30.3 Å². The van der Waals surface area contributed by atoms with Crippen molar-refractivity contribution in [3.05, 3.63) is 64.7 Å². The number of carbonyl (C=O) groups excluding carboxylic acids is 2. The summed E-state index contributed by atoms with van der Waals surface area (Å²) in [5, 5.41) is 0.509. The van der Waals surface area contributed by atoms with Crippen LogP contribution in [-0.2, 0) is 9.59 Å². The molecule has 0 saturated carbocycles. The first-order valence-electron chi connectivity index (χ1n) is 7.92. The maximum absolute atomic E-state index is 14.3. The molecule has 7 nitrogen and oxygen atoms in total. The van der Waals surface area contributed by atoms with E-state index in [1.165, 1.54) is 25.1 Å². The first kappa shape index (κ1) is 18.6. The molecule has 2 amide bonds. The van der Waals surface area contributed by atoms with E-state index in [4.69, 9.17) is 0 Å². The Hall–Kier alpha value is -3.20. The molecule has 138 valence electrons. The molecule has 3 aromatic rings. The third-order valence-corrected chi connectivity index (χ3v) is 4.49. The second-order valence-corrected chi connectivity index (χ2v) is 6.46. The van der Waals surface area contributed by atoms with Gasteiger partial charge in [-0.2, -0.15) is 0 Å². The van der Waals surface area contributed by atoms with Gasteiger partial charge in [0, 0.05) is 6.92 Å². The van der Waals surface area contributed by atoms with Crippen molar-refractivity contribution in [1.82, 2.24) is 20.4 Å². The van der Waals surface area contributed by atoms with Crippen LogP contribution in [0.4, 0.5) is 4.39 Å². The largest absolute Gasteiger partial charge is 0.274 e. The van der Waals surface area contributed by atoms with Crippen LogP contribution in [-0.4, -0.2) is 27.1 Å². The number of carbonyl (C=O) groups is 2. The highest BCUT2D eigenvalue weighted by Gasteiger charge is 2.17. The summed E-state index contributed by atoms with van der Waals surface area (Å²) in [6.45, 7) is 1.26. The van der Waals surface area contributed by atoms with Gasteiger partial charge >= 0.3 is 0 Å². The van der Waals surface area contributed by atoms with Gasteiger partial charge < -0.3 is 0 Å². The van der Waals surface area contributed by atoms with Gasteiger partial charge in [-0.25, -0.2) is 9.37 Å². The summed E-state index contributed by atoms with van der Waals surface area (Å²) in [6, 6.07) is 12.6. The molecule has 0 saturated heterocycles. The van der Waals surface area contributed by atoms with Crippen LogP contribution in [0.1, 0.15) is 6.92 Å². The number of thioether (sulfide) groups is 1. The summed E-state index contributed by atoms with van der Waals surface area (Å²) >= 11 is 0.961. The van der Waals surface area contributed by atoms with Gasteiger partial charge in [0.2, 0.25) is 11.8 Å². The Kier molecular flexibility index (Phi) is 5.51. The third-order valence-electron chi connectivity index (χ3n) is 3.55. The summed E-state index contributed by atoms with van der Waals surface area (Å²) in [5.74, 6) is -1.61. The molecule has 0 radical (unpaired) electrons. The molecule has 1 heterocycles. The van der Waals surface area contributed by atoms with Gasteiger partial charge in [0.05, 0.1) is 22.3 Å². The SMILES string of the molecule is CC(=O)NNC(=O)CSc1nc2ccccc2c(=O)n1-c1ccccc1F. The minimum absolute atomic E-state index is 0.0468. The van der Waals surface area contributed by atoms with Crippen LogP contribution in [0.5, 0.6) is 0 Å². The van der Waals surface area contributed by atoms with Gasteiger partial charge in [0.25, 0.3) is 5.56 Å². The summed E-state index contributed by atoms with van der Waals surface area (Å²) in [5.41, 5.74) is 4.46. The molecule has 27 heavy (non-hydrogen) atoms. The molecule has 0 aliphatic carbocycles. The van der Waals surface area contributed by atoms with E-state index in [0.717, 1.165) is 16.3 Å². The number of nitrogens with one attached hydrogen (secondary N) is 2. The fourth-order valence-electron chi connectivity index (χ4n) is 2.38. The van der Waals surface area contributed by atoms with Crippen molar-refractivity contribution in [2.45, 2.75) is 12.1 Å². The van der Waals surface area contributed by atoms with Crippen molar-refractivity contribution in [1.29, 1.82) is 0 Å². The molecule has 1 aromatic heterocycles. The number of para-hydroxylation sites is 2. The Morgan fingerprint density at radius 3 is 2.56 bits per heavy atom. The van der Waals surface area contributed by atoms with E-state index in [2.05, 4.69) is 15.8 Å². The molecular formula is C18H15FN4O3S. The molecule has 9 heteroatoms. The van der Waals surface area contributed by atoms with Crippen LogP contribution in [0.3, 0.4) is 0 Å². The Morgan fingerprint density at radius 1 is 1.11 bits per heavy atom. The predicted molar refractivity (Wildman–Crippen MR) is 100.0 cm³/mol. The topological polar surface area (TPSA) is 93.1 Å². The van der Waals surface area contributed by atoms with Gasteiger partial charge in [0.15, 0.2) is 5.16 Å². The van der Waals surface area contributed by atoms with Crippen LogP contribution in [0.25, 0.3) is 16.6 Å². The fraction of sp³-hybridized carbons (Fsp3) is 0.111. The second kappa shape index (κ2) is 8.00. The molecule has 2 N–H and O–H groups in total. The molecule has 3 rings (SSSR count). The quantitative estimate of drug-likeness (QED) is 0.405. The number of nitrogens with zero attached hydrogens (tertiary/aromatic N) is 2. The molecular weight excluding hydrogens is 371 g/mol. The van der Waals surface area contributed by atoms with Gasteiger partial charge in [-0.05, 0) is 24.3 Å². The van der Waals surface area contributed by atoms with Crippen molar-refractivity contribution >= 4 is 34.5 Å². The first-order valence-corrected chi connectivity index (χ1v) is 8.91. The average Bonchev–Trinajstić information content (AvgIpc) is 2.66. The lowest BCUT2D eigenvalue weighted by molar-refractivity contribution is -0.126. The number of amides is 2. The lowest BCUT2D eigenvalue weighted by atomic mass is 10.2. The lowest BCUT2D eigenvalue weighted by Crippen LogP contribution is -2.41. The Morgan fingerprint density at radius 2 is 1.81 bits per heavy atom. The number of fused-ring (bicyclic) bond motifs is 1. The summed E-state index contributed by atoms with van der Waals surface area (Å²) < 4.78 is 15.5. The predicted octanol–water partition coefficient (Wildman–Crippen LogP) is 1.78. The fourth-order valence-corrected chi connectivity index (χ4v) is 3.18. The van der Waals surface area contributed by atoms with Crippen molar-refractivity contribution < 1.29 is 14.0 Å². The number of aromatic nitrogens is 2. The van der Waals surface area contributed by atoms with Gasteiger partial charge in [-0.15, -0.1) is 0 Å². The molecule has 0 fully saturated rings. The smallest absolute Gasteiger partial charge is 0.266 e. The highest BCUT2D eigenvalue weighted by atomic mass is 32.2. The van der Waals surface area contributed by atoms with Crippen molar-refractivity contribution in [3.63, 3.8) is 0 Å². The monoisotopic (exact) mass is 386 g/mol. The minimum atomic E-state index is -0.582. The number of hydrogen-bond acceptors (Lipinski definition) is 5. The van der Waals surface area contributed by atoms with Crippen molar-refractivity contribution in [3.8, 4) is 5.69 Å². The second-order valence-electron chi connectivity index (χ2n) is 5.52. The van der Waals surface area contributed by atoms with E-state index < -0.39 is 23.2 Å². The molecule has 0 atom stereocenters. The highest BCUT2D eigenvalue weighted by Crippen LogP contribution is 2.22. The van der Waals surface area contributed by atoms with Gasteiger partial charge in [0.1, 0.15) is 5.82 Å². The molecule has 0 aliphatic rings. The summed E-state index contributed by atoms with van der Waals surface area (Å²) in [4.78, 5) is 40.1. The lowest BCUT2D eigenvalue weighted by Gasteiger charge is -2.13. The van der Waals surface area contributed by atoms with Crippen molar-refractivity contribution in [2.24, 2.45) is 0 Å². The minimum Gasteiger partial charge on any atom is -0.274 e. The van der Waals surface area contributed by atoms with Crippen LogP contribution < -0.4 is 16.4 Å². The normalized spacial score (nSPS) is 10.6.